The molecule has 0 aromatic carbocycles. The van der Waals surface area contributed by atoms with Gasteiger partial charge in [0.15, 0.2) is 6.10 Å². The Kier molecular flexibility index (Phi) is 2.26. The van der Waals surface area contributed by atoms with Crippen LogP contribution in [-0.2, 0) is 4.79 Å². The van der Waals surface area contributed by atoms with Crippen LogP contribution in [0.4, 0.5) is 0 Å². The molecule has 1 atom stereocenters. The van der Waals surface area contributed by atoms with E-state index in [1.165, 1.54) is 11.3 Å². The van der Waals surface area contributed by atoms with Gasteiger partial charge in [0.2, 0.25) is 0 Å². The van der Waals surface area contributed by atoms with Crippen molar-refractivity contribution >= 4 is 17.3 Å². The molecule has 60 valence electrons. The molecule has 0 fully saturated rings. The standard InChI is InChI=1S/C7H8O3S/c1-4-5(2-3-11-4)6(8)7(9)10/h2-3,6,8H,1H3,(H,9,10). The Bertz CT molecular complexity index is 266. The summed E-state index contributed by atoms with van der Waals surface area (Å²) in [6, 6.07) is 1.62. The normalized spacial score (nSPS) is 12.9. The van der Waals surface area contributed by atoms with Crippen molar-refractivity contribution in [1.29, 1.82) is 0 Å². The molecule has 2 N–H and O–H groups in total. The Labute approximate surface area is 67.9 Å². The molecule has 0 aliphatic rings. The van der Waals surface area contributed by atoms with Gasteiger partial charge in [-0.1, -0.05) is 0 Å². The van der Waals surface area contributed by atoms with E-state index in [-0.39, 0.29) is 0 Å². The van der Waals surface area contributed by atoms with E-state index >= 15 is 0 Å². The van der Waals surface area contributed by atoms with E-state index in [1.54, 1.807) is 18.4 Å². The van der Waals surface area contributed by atoms with E-state index in [2.05, 4.69) is 0 Å². The van der Waals surface area contributed by atoms with Crippen LogP contribution in [0.1, 0.15) is 16.5 Å². The average molecular weight is 172 g/mol. The van der Waals surface area contributed by atoms with Crippen LogP contribution < -0.4 is 0 Å². The Morgan fingerprint density at radius 2 is 2.36 bits per heavy atom. The van der Waals surface area contributed by atoms with Crippen LogP contribution in [0.3, 0.4) is 0 Å². The maximum atomic E-state index is 10.3. The highest BCUT2D eigenvalue weighted by molar-refractivity contribution is 7.10. The first kappa shape index (κ1) is 8.23. The summed E-state index contributed by atoms with van der Waals surface area (Å²) in [5.74, 6) is -1.20. The summed E-state index contributed by atoms with van der Waals surface area (Å²) in [4.78, 5) is 11.2. The molecular weight excluding hydrogens is 164 g/mol. The van der Waals surface area contributed by atoms with Gasteiger partial charge in [0, 0.05) is 10.4 Å². The lowest BCUT2D eigenvalue weighted by Gasteiger charge is -2.02. The maximum absolute atomic E-state index is 10.3. The highest BCUT2D eigenvalue weighted by atomic mass is 32.1. The second-order valence-electron chi connectivity index (χ2n) is 2.17. The van der Waals surface area contributed by atoms with E-state index in [9.17, 15) is 4.79 Å². The van der Waals surface area contributed by atoms with Crippen LogP contribution in [0.2, 0.25) is 0 Å². The predicted molar refractivity (Wildman–Crippen MR) is 41.7 cm³/mol. The number of aliphatic hydroxyl groups excluding tert-OH is 1. The number of thiophene rings is 1. The van der Waals surface area contributed by atoms with E-state index in [4.69, 9.17) is 10.2 Å². The van der Waals surface area contributed by atoms with E-state index < -0.39 is 12.1 Å². The summed E-state index contributed by atoms with van der Waals surface area (Å²) in [6.07, 6.45) is -1.37. The van der Waals surface area contributed by atoms with Crippen molar-refractivity contribution in [3.8, 4) is 0 Å². The topological polar surface area (TPSA) is 57.5 Å². The molecule has 0 saturated heterocycles. The molecule has 4 heteroatoms. The highest BCUT2D eigenvalue weighted by Gasteiger charge is 2.17. The number of rotatable bonds is 2. The van der Waals surface area contributed by atoms with Crippen LogP contribution in [0.5, 0.6) is 0 Å². The SMILES string of the molecule is Cc1sccc1C(O)C(=O)O. The third-order valence-corrected chi connectivity index (χ3v) is 2.29. The number of aliphatic carboxylic acids is 1. The summed E-state index contributed by atoms with van der Waals surface area (Å²) >= 11 is 1.43. The Balaban J connectivity index is 2.92. The van der Waals surface area contributed by atoms with Crippen molar-refractivity contribution in [1.82, 2.24) is 0 Å². The van der Waals surface area contributed by atoms with Crippen molar-refractivity contribution in [2.45, 2.75) is 13.0 Å². The van der Waals surface area contributed by atoms with Crippen LogP contribution >= 0.6 is 11.3 Å². The second kappa shape index (κ2) is 3.02. The predicted octanol–water partition coefficient (Wildman–Crippen LogP) is 1.17. The summed E-state index contributed by atoms with van der Waals surface area (Å²) in [6.45, 7) is 1.78. The molecule has 3 nitrogen and oxygen atoms in total. The van der Waals surface area contributed by atoms with Crippen LogP contribution in [-0.4, -0.2) is 16.2 Å². The fourth-order valence-corrected chi connectivity index (χ4v) is 1.55. The average Bonchev–Trinajstić information content (AvgIpc) is 2.33. The van der Waals surface area contributed by atoms with Gasteiger partial charge in [-0.15, -0.1) is 11.3 Å². The first-order valence-corrected chi connectivity index (χ1v) is 3.95. The summed E-state index contributed by atoms with van der Waals surface area (Å²) in [5.41, 5.74) is 0.488. The Hall–Kier alpha value is -0.870. The van der Waals surface area contributed by atoms with Crippen molar-refractivity contribution in [3.05, 3.63) is 21.9 Å². The van der Waals surface area contributed by atoms with Crippen molar-refractivity contribution < 1.29 is 15.0 Å². The van der Waals surface area contributed by atoms with Gasteiger partial charge in [-0.05, 0) is 18.4 Å². The van der Waals surface area contributed by atoms with Gasteiger partial charge in [0.25, 0.3) is 0 Å². The van der Waals surface area contributed by atoms with Gasteiger partial charge in [-0.3, -0.25) is 0 Å². The zero-order chi connectivity index (χ0) is 8.43. The molecule has 0 aliphatic heterocycles. The molecule has 1 aromatic rings. The Morgan fingerprint density at radius 1 is 1.73 bits per heavy atom. The molecule has 0 saturated carbocycles. The van der Waals surface area contributed by atoms with Crippen LogP contribution in [0.15, 0.2) is 11.4 Å². The monoisotopic (exact) mass is 172 g/mol. The second-order valence-corrected chi connectivity index (χ2v) is 3.29. The first-order chi connectivity index (χ1) is 5.13. The molecule has 0 radical (unpaired) electrons. The fourth-order valence-electron chi connectivity index (χ4n) is 0.811. The van der Waals surface area contributed by atoms with Crippen molar-refractivity contribution in [2.75, 3.05) is 0 Å². The number of carbonyl (C=O) groups is 1. The smallest absolute Gasteiger partial charge is 0.337 e. The number of hydrogen-bond donors (Lipinski definition) is 2. The van der Waals surface area contributed by atoms with E-state index in [0.717, 1.165) is 4.88 Å². The van der Waals surface area contributed by atoms with E-state index in [1.807, 2.05) is 0 Å². The Morgan fingerprint density at radius 3 is 2.73 bits per heavy atom. The molecule has 0 spiro atoms. The molecule has 0 amide bonds. The molecular formula is C7H8O3S. The zero-order valence-corrected chi connectivity index (χ0v) is 6.76. The van der Waals surface area contributed by atoms with Crippen molar-refractivity contribution in [2.24, 2.45) is 0 Å². The van der Waals surface area contributed by atoms with Crippen LogP contribution in [0.25, 0.3) is 0 Å². The lowest BCUT2D eigenvalue weighted by Crippen LogP contribution is -2.10. The van der Waals surface area contributed by atoms with Crippen molar-refractivity contribution in [3.63, 3.8) is 0 Å². The third kappa shape index (κ3) is 1.58. The molecule has 1 unspecified atom stereocenters. The molecule has 1 rings (SSSR count). The minimum atomic E-state index is -1.37. The lowest BCUT2D eigenvalue weighted by molar-refractivity contribution is -0.146. The van der Waals surface area contributed by atoms with Gasteiger partial charge in [0.05, 0.1) is 0 Å². The summed E-state index contributed by atoms with van der Waals surface area (Å²) in [5, 5.41) is 19.3. The molecule has 0 bridgehead atoms. The maximum Gasteiger partial charge on any atom is 0.337 e. The number of aliphatic hydroxyl groups is 1. The largest absolute Gasteiger partial charge is 0.479 e. The highest BCUT2D eigenvalue weighted by Crippen LogP contribution is 2.22. The van der Waals surface area contributed by atoms with Gasteiger partial charge >= 0.3 is 5.97 Å². The van der Waals surface area contributed by atoms with Gasteiger partial charge < -0.3 is 10.2 Å². The number of carboxylic acids is 1. The van der Waals surface area contributed by atoms with Crippen LogP contribution in [0, 0.1) is 6.92 Å². The quantitative estimate of drug-likeness (QED) is 0.704. The van der Waals surface area contributed by atoms with Gasteiger partial charge in [-0.25, -0.2) is 4.79 Å². The van der Waals surface area contributed by atoms with E-state index in [0.29, 0.717) is 5.56 Å². The molecule has 0 aliphatic carbocycles. The molecule has 1 aromatic heterocycles. The number of aryl methyl sites for hydroxylation is 1. The fraction of sp³-hybridized carbons (Fsp3) is 0.286. The number of carboxylic acid groups (broad SMARTS) is 1. The minimum Gasteiger partial charge on any atom is -0.479 e. The third-order valence-electron chi connectivity index (χ3n) is 1.43. The number of hydrogen-bond acceptors (Lipinski definition) is 3. The minimum absolute atomic E-state index is 0.488. The van der Waals surface area contributed by atoms with Gasteiger partial charge in [0.1, 0.15) is 0 Å². The van der Waals surface area contributed by atoms with Gasteiger partial charge in [-0.2, -0.15) is 0 Å². The first-order valence-electron chi connectivity index (χ1n) is 3.08. The summed E-state index contributed by atoms with van der Waals surface area (Å²) in [7, 11) is 0. The lowest BCUT2D eigenvalue weighted by atomic mass is 10.1. The molecule has 1 heterocycles. The summed E-state index contributed by atoms with van der Waals surface area (Å²) < 4.78 is 0. The zero-order valence-electron chi connectivity index (χ0n) is 5.94. The molecule has 11 heavy (non-hydrogen) atoms.